The fraction of sp³-hybridized carbons (Fsp3) is 0.367. The molecule has 40 heavy (non-hydrogen) atoms. The summed E-state index contributed by atoms with van der Waals surface area (Å²) < 4.78 is 4.75. The first-order chi connectivity index (χ1) is 19.6. The molecule has 0 bridgehead atoms. The van der Waals surface area contributed by atoms with Gasteiger partial charge < -0.3 is 20.0 Å². The zero-order chi connectivity index (χ0) is 27.3. The molecular weight excluding hydrogens is 518 g/mol. The summed E-state index contributed by atoms with van der Waals surface area (Å²) in [4.78, 5) is 14.3. The molecule has 0 radical (unpaired) electrons. The highest BCUT2D eigenvalue weighted by molar-refractivity contribution is 7.71. The van der Waals surface area contributed by atoms with Crippen LogP contribution in [0.4, 0.5) is 17.2 Å². The number of aromatic nitrogens is 4. The van der Waals surface area contributed by atoms with Gasteiger partial charge in [-0.1, -0.05) is 36.4 Å². The molecule has 4 aromatic rings. The Labute approximate surface area is 241 Å². The predicted octanol–water partition coefficient (Wildman–Crippen LogP) is 3.94. The Morgan fingerprint density at radius 2 is 1.40 bits per heavy atom. The summed E-state index contributed by atoms with van der Waals surface area (Å²) in [6, 6.07) is 25.1. The zero-order valence-corrected chi connectivity index (χ0v) is 23.9. The average Bonchev–Trinajstić information content (AvgIpc) is 3.32. The number of hydrogen-bond donors (Lipinski definition) is 1. The van der Waals surface area contributed by atoms with Crippen LogP contribution in [0.25, 0.3) is 5.69 Å². The molecule has 10 heteroatoms. The van der Waals surface area contributed by atoms with Crippen LogP contribution in [-0.2, 0) is 13.2 Å². The van der Waals surface area contributed by atoms with Gasteiger partial charge in [0, 0.05) is 63.7 Å². The summed E-state index contributed by atoms with van der Waals surface area (Å²) in [5.41, 5.74) is 3.28. The highest BCUT2D eigenvalue weighted by atomic mass is 32.1. The molecule has 6 rings (SSSR count). The van der Waals surface area contributed by atoms with Gasteiger partial charge in [0.2, 0.25) is 4.77 Å². The van der Waals surface area contributed by atoms with Gasteiger partial charge in [-0.3, -0.25) is 9.47 Å². The number of anilines is 3. The highest BCUT2D eigenvalue weighted by Gasteiger charge is 2.20. The second-order valence-corrected chi connectivity index (χ2v) is 10.9. The number of para-hydroxylation sites is 2. The maximum atomic E-state index is 5.92. The highest BCUT2D eigenvalue weighted by Crippen LogP contribution is 2.21. The van der Waals surface area contributed by atoms with E-state index >= 15 is 0 Å². The van der Waals surface area contributed by atoms with Crippen LogP contribution in [0.2, 0.25) is 0 Å². The summed E-state index contributed by atoms with van der Waals surface area (Å²) in [5.74, 6) is 1.90. The fourth-order valence-corrected chi connectivity index (χ4v) is 5.68. The molecule has 2 aromatic heterocycles. The summed E-state index contributed by atoms with van der Waals surface area (Å²) in [5, 5.41) is 8.49. The first kappa shape index (κ1) is 26.5. The minimum atomic E-state index is 0.547. The third-order valence-electron chi connectivity index (χ3n) is 7.77. The number of nitrogens with zero attached hydrogens (tertiary/aromatic N) is 8. The number of benzene rings is 2. The van der Waals surface area contributed by atoms with Gasteiger partial charge in [0.15, 0.2) is 5.82 Å². The Morgan fingerprint density at radius 3 is 2.05 bits per heavy atom. The van der Waals surface area contributed by atoms with Crippen LogP contribution in [0.1, 0.15) is 5.82 Å². The third kappa shape index (κ3) is 6.04. The van der Waals surface area contributed by atoms with E-state index < -0.39 is 0 Å². The van der Waals surface area contributed by atoms with Crippen molar-refractivity contribution >= 4 is 29.4 Å². The van der Waals surface area contributed by atoms with Crippen LogP contribution >= 0.6 is 12.2 Å². The van der Waals surface area contributed by atoms with E-state index in [1.54, 1.807) is 0 Å². The molecule has 4 heterocycles. The molecular formula is C30H37N9S. The van der Waals surface area contributed by atoms with Crippen molar-refractivity contribution in [2.24, 2.45) is 0 Å². The Morgan fingerprint density at radius 1 is 0.750 bits per heavy atom. The van der Waals surface area contributed by atoms with Crippen LogP contribution < -0.4 is 15.1 Å². The molecule has 208 valence electrons. The molecule has 2 saturated heterocycles. The molecule has 9 nitrogen and oxygen atoms in total. The molecule has 0 saturated carbocycles. The Balaban J connectivity index is 1.12. The normalized spacial score (nSPS) is 16.8. The molecule has 0 amide bonds. The molecule has 0 aliphatic carbocycles. The monoisotopic (exact) mass is 555 g/mol. The van der Waals surface area contributed by atoms with Crippen molar-refractivity contribution in [2.45, 2.75) is 13.2 Å². The van der Waals surface area contributed by atoms with Crippen molar-refractivity contribution < 1.29 is 0 Å². The number of piperazine rings is 2. The molecule has 0 spiro atoms. The topological polar surface area (TPSA) is 60.6 Å². The Bertz CT molecular complexity index is 1420. The SMILES string of the molecule is CN1CCN(Cn2nc(CNc3ccc(N4CCN(c5ccccc5)CC4)nc3)n(-c3ccccc3)c2=S)CC1. The fourth-order valence-electron chi connectivity index (χ4n) is 5.37. The minimum absolute atomic E-state index is 0.547. The average molecular weight is 556 g/mol. The Hall–Kier alpha value is -3.73. The van der Waals surface area contributed by atoms with Gasteiger partial charge in [0.05, 0.1) is 25.1 Å². The van der Waals surface area contributed by atoms with Crippen molar-refractivity contribution in [1.82, 2.24) is 29.1 Å². The van der Waals surface area contributed by atoms with E-state index in [1.807, 2.05) is 29.1 Å². The van der Waals surface area contributed by atoms with Crippen LogP contribution in [0.15, 0.2) is 79.0 Å². The number of nitrogens with one attached hydrogen (secondary N) is 1. The summed E-state index contributed by atoms with van der Waals surface area (Å²) in [7, 11) is 2.17. The molecule has 2 aliphatic rings. The first-order valence-electron chi connectivity index (χ1n) is 14.0. The van der Waals surface area contributed by atoms with E-state index in [0.717, 1.165) is 75.4 Å². The molecule has 0 unspecified atom stereocenters. The third-order valence-corrected chi connectivity index (χ3v) is 8.17. The summed E-state index contributed by atoms with van der Waals surface area (Å²) in [6.07, 6.45) is 1.92. The van der Waals surface area contributed by atoms with E-state index in [1.165, 1.54) is 5.69 Å². The van der Waals surface area contributed by atoms with Crippen LogP contribution in [-0.4, -0.2) is 88.5 Å². The molecule has 2 aromatic carbocycles. The maximum Gasteiger partial charge on any atom is 0.203 e. The van der Waals surface area contributed by atoms with Crippen molar-refractivity contribution in [1.29, 1.82) is 0 Å². The van der Waals surface area contributed by atoms with Gasteiger partial charge in [-0.15, -0.1) is 0 Å². The Kier molecular flexibility index (Phi) is 8.08. The van der Waals surface area contributed by atoms with Crippen LogP contribution in [0.5, 0.6) is 0 Å². The van der Waals surface area contributed by atoms with Crippen LogP contribution in [0, 0.1) is 4.77 Å². The van der Waals surface area contributed by atoms with Crippen molar-refractivity contribution in [3.63, 3.8) is 0 Å². The van der Waals surface area contributed by atoms with Gasteiger partial charge in [-0.2, -0.15) is 5.10 Å². The summed E-state index contributed by atoms with van der Waals surface area (Å²) >= 11 is 5.92. The largest absolute Gasteiger partial charge is 0.376 e. The second-order valence-electron chi connectivity index (χ2n) is 10.5. The lowest BCUT2D eigenvalue weighted by molar-refractivity contribution is 0.118. The van der Waals surface area contributed by atoms with E-state index in [4.69, 9.17) is 22.3 Å². The molecule has 0 atom stereocenters. The van der Waals surface area contributed by atoms with Crippen molar-refractivity contribution in [2.75, 3.05) is 74.5 Å². The lowest BCUT2D eigenvalue weighted by Crippen LogP contribution is -2.46. The first-order valence-corrected chi connectivity index (χ1v) is 14.4. The van der Waals surface area contributed by atoms with E-state index in [9.17, 15) is 0 Å². The zero-order valence-electron chi connectivity index (χ0n) is 23.1. The van der Waals surface area contributed by atoms with Crippen molar-refractivity contribution in [3.05, 3.63) is 89.6 Å². The van der Waals surface area contributed by atoms with E-state index in [0.29, 0.717) is 18.0 Å². The quantitative estimate of drug-likeness (QED) is 0.328. The molecule has 1 N–H and O–H groups in total. The van der Waals surface area contributed by atoms with Crippen molar-refractivity contribution in [3.8, 4) is 5.69 Å². The standard InChI is InChI=1S/C30H37N9S/c1-34-14-16-35(17-15-34)24-38-30(40)39(27-10-6-3-7-11-27)29(33-38)23-31-25-12-13-28(32-22-25)37-20-18-36(19-21-37)26-8-4-2-5-9-26/h2-13,22,31H,14-21,23-24H2,1H3. The number of pyridine rings is 1. The number of rotatable bonds is 8. The van der Waals surface area contributed by atoms with Crippen LogP contribution in [0.3, 0.4) is 0 Å². The maximum absolute atomic E-state index is 5.92. The second kappa shape index (κ2) is 12.2. The van der Waals surface area contributed by atoms with Gasteiger partial charge in [-0.25, -0.2) is 9.67 Å². The lowest BCUT2D eigenvalue weighted by Gasteiger charge is -2.36. The minimum Gasteiger partial charge on any atom is -0.376 e. The van der Waals surface area contributed by atoms with E-state index in [2.05, 4.69) is 91.1 Å². The van der Waals surface area contributed by atoms with Gasteiger partial charge in [0.1, 0.15) is 5.82 Å². The summed E-state index contributed by atoms with van der Waals surface area (Å²) in [6.45, 7) is 9.30. The van der Waals surface area contributed by atoms with E-state index in [-0.39, 0.29) is 0 Å². The van der Waals surface area contributed by atoms with Gasteiger partial charge >= 0.3 is 0 Å². The van der Waals surface area contributed by atoms with Gasteiger partial charge in [0.25, 0.3) is 0 Å². The predicted molar refractivity (Wildman–Crippen MR) is 164 cm³/mol. The number of likely N-dealkylation sites (N-methyl/N-ethyl adjacent to an activating group) is 1. The molecule has 2 fully saturated rings. The smallest absolute Gasteiger partial charge is 0.203 e. The molecule has 2 aliphatic heterocycles. The van der Waals surface area contributed by atoms with Gasteiger partial charge in [-0.05, 0) is 55.7 Å². The lowest BCUT2D eigenvalue weighted by atomic mass is 10.2. The number of hydrogen-bond acceptors (Lipinski definition) is 8.